The second-order valence-corrected chi connectivity index (χ2v) is 5.14. The Morgan fingerprint density at radius 2 is 2.24 bits per heavy atom. The Labute approximate surface area is 105 Å². The summed E-state index contributed by atoms with van der Waals surface area (Å²) < 4.78 is 10.6. The summed E-state index contributed by atoms with van der Waals surface area (Å²) in [5.41, 5.74) is 0. The van der Waals surface area contributed by atoms with Gasteiger partial charge in [0.1, 0.15) is 0 Å². The molecule has 1 aliphatic carbocycles. The molecule has 0 aromatic rings. The molecule has 0 bridgehead atoms. The van der Waals surface area contributed by atoms with Crippen LogP contribution in [0.25, 0.3) is 0 Å². The summed E-state index contributed by atoms with van der Waals surface area (Å²) in [6.45, 7) is 4.80. The molecule has 0 radical (unpaired) electrons. The molecule has 1 fully saturated rings. The lowest BCUT2D eigenvalue weighted by atomic mass is 10.0. The number of ether oxygens (including phenoxy) is 2. The van der Waals surface area contributed by atoms with Gasteiger partial charge in [0.05, 0.1) is 19.8 Å². The molecular weight excluding hydrogens is 214 g/mol. The molecule has 0 amide bonds. The van der Waals surface area contributed by atoms with E-state index >= 15 is 0 Å². The molecule has 0 aromatic heterocycles. The van der Waals surface area contributed by atoms with Gasteiger partial charge in [-0.15, -0.1) is 0 Å². The Morgan fingerprint density at radius 1 is 1.29 bits per heavy atom. The molecule has 0 aromatic carbocycles. The van der Waals surface area contributed by atoms with Gasteiger partial charge in [-0.2, -0.15) is 0 Å². The highest BCUT2D eigenvalue weighted by Gasteiger charge is 2.27. The molecule has 0 unspecified atom stereocenters. The van der Waals surface area contributed by atoms with Gasteiger partial charge in [-0.25, -0.2) is 0 Å². The van der Waals surface area contributed by atoms with Gasteiger partial charge < -0.3 is 9.47 Å². The number of likely N-dealkylation sites (tertiary alicyclic amines) is 1. The first-order valence-corrected chi connectivity index (χ1v) is 6.87. The molecule has 3 heteroatoms. The van der Waals surface area contributed by atoms with Crippen molar-refractivity contribution in [2.45, 2.75) is 31.7 Å². The third kappa shape index (κ3) is 4.09. The zero-order valence-electron chi connectivity index (χ0n) is 10.9. The van der Waals surface area contributed by atoms with Crippen molar-refractivity contribution >= 4 is 0 Å². The van der Waals surface area contributed by atoms with E-state index in [0.29, 0.717) is 12.6 Å². The van der Waals surface area contributed by atoms with E-state index in [1.807, 2.05) is 0 Å². The maximum absolute atomic E-state index is 5.62. The van der Waals surface area contributed by atoms with Crippen molar-refractivity contribution in [1.29, 1.82) is 0 Å². The van der Waals surface area contributed by atoms with Crippen LogP contribution in [0.15, 0.2) is 12.2 Å². The van der Waals surface area contributed by atoms with Gasteiger partial charge in [0.15, 0.2) is 0 Å². The number of rotatable bonds is 6. The predicted octanol–water partition coefficient (Wildman–Crippen LogP) is 2.08. The van der Waals surface area contributed by atoms with Crippen LogP contribution in [0.2, 0.25) is 0 Å². The molecule has 1 saturated heterocycles. The third-order valence-electron chi connectivity index (χ3n) is 3.80. The molecule has 3 nitrogen and oxygen atoms in total. The Morgan fingerprint density at radius 3 is 3.00 bits per heavy atom. The summed E-state index contributed by atoms with van der Waals surface area (Å²) in [6.07, 6.45) is 10.00. The van der Waals surface area contributed by atoms with Crippen molar-refractivity contribution in [2.24, 2.45) is 5.92 Å². The number of allylic oxidation sites excluding steroid dienone is 1. The molecule has 2 atom stereocenters. The van der Waals surface area contributed by atoms with Crippen LogP contribution in [0.1, 0.15) is 25.7 Å². The van der Waals surface area contributed by atoms with Crippen molar-refractivity contribution in [3.63, 3.8) is 0 Å². The van der Waals surface area contributed by atoms with Gasteiger partial charge in [-0.1, -0.05) is 12.2 Å². The molecule has 1 heterocycles. The summed E-state index contributed by atoms with van der Waals surface area (Å²) in [5, 5.41) is 0. The van der Waals surface area contributed by atoms with Gasteiger partial charge in [-0.3, -0.25) is 4.90 Å². The van der Waals surface area contributed by atoms with Crippen LogP contribution in [-0.2, 0) is 9.47 Å². The van der Waals surface area contributed by atoms with E-state index in [2.05, 4.69) is 17.1 Å². The van der Waals surface area contributed by atoms with Gasteiger partial charge in [0.25, 0.3) is 0 Å². The van der Waals surface area contributed by atoms with E-state index < -0.39 is 0 Å². The number of hydrogen-bond acceptors (Lipinski definition) is 3. The lowest BCUT2D eigenvalue weighted by Crippen LogP contribution is -2.33. The van der Waals surface area contributed by atoms with Gasteiger partial charge >= 0.3 is 0 Å². The zero-order chi connectivity index (χ0) is 11.9. The zero-order valence-corrected chi connectivity index (χ0v) is 10.9. The molecule has 17 heavy (non-hydrogen) atoms. The third-order valence-corrected chi connectivity index (χ3v) is 3.80. The Balaban J connectivity index is 1.64. The quantitative estimate of drug-likeness (QED) is 0.523. The minimum atomic E-state index is 0.702. The predicted molar refractivity (Wildman–Crippen MR) is 69.2 cm³/mol. The maximum atomic E-state index is 5.62. The largest absolute Gasteiger partial charge is 0.382 e. The fourth-order valence-electron chi connectivity index (χ4n) is 2.79. The van der Waals surface area contributed by atoms with Crippen LogP contribution < -0.4 is 0 Å². The highest BCUT2D eigenvalue weighted by Crippen LogP contribution is 2.24. The molecule has 0 saturated carbocycles. The molecule has 0 N–H and O–H groups in total. The molecule has 1 aliphatic heterocycles. The molecule has 2 aliphatic rings. The van der Waals surface area contributed by atoms with Crippen LogP contribution in [0.4, 0.5) is 0 Å². The summed E-state index contributed by atoms with van der Waals surface area (Å²) in [5.74, 6) is 0.724. The Bertz CT molecular complexity index is 242. The van der Waals surface area contributed by atoms with Crippen molar-refractivity contribution in [3.05, 3.63) is 12.2 Å². The normalized spacial score (nSPS) is 29.9. The first-order valence-electron chi connectivity index (χ1n) is 6.87. The standard InChI is InChI=1S/C14H25NO2/c1-16-9-10-17-12-13-7-8-15(11-13)14-5-3-2-4-6-14/h3,5,13-14H,2,4,6-12H2,1H3/t13-,14+/m0/s1. The Kier molecular flexibility index (Phi) is 5.49. The van der Waals surface area contributed by atoms with Crippen molar-refractivity contribution in [1.82, 2.24) is 4.90 Å². The lowest BCUT2D eigenvalue weighted by Gasteiger charge is -2.27. The van der Waals surface area contributed by atoms with Crippen LogP contribution in [-0.4, -0.2) is 51.0 Å². The van der Waals surface area contributed by atoms with Gasteiger partial charge in [0.2, 0.25) is 0 Å². The smallest absolute Gasteiger partial charge is 0.0700 e. The maximum Gasteiger partial charge on any atom is 0.0700 e. The van der Waals surface area contributed by atoms with Crippen LogP contribution in [0.5, 0.6) is 0 Å². The fraction of sp³-hybridized carbons (Fsp3) is 0.857. The van der Waals surface area contributed by atoms with E-state index in [0.717, 1.165) is 19.1 Å². The van der Waals surface area contributed by atoms with Crippen molar-refractivity contribution < 1.29 is 9.47 Å². The number of methoxy groups -OCH3 is 1. The lowest BCUT2D eigenvalue weighted by molar-refractivity contribution is 0.0520. The SMILES string of the molecule is COCCOC[C@H]1CCN([C@@H]2C=CCCC2)C1. The second kappa shape index (κ2) is 7.14. The minimum absolute atomic E-state index is 0.702. The van der Waals surface area contributed by atoms with Crippen LogP contribution in [0, 0.1) is 5.92 Å². The average Bonchev–Trinajstić information content (AvgIpc) is 2.85. The molecular formula is C14H25NO2. The van der Waals surface area contributed by atoms with E-state index in [1.165, 1.54) is 38.8 Å². The van der Waals surface area contributed by atoms with E-state index in [-0.39, 0.29) is 0 Å². The first-order chi connectivity index (χ1) is 8.40. The summed E-state index contributed by atoms with van der Waals surface area (Å²) in [6, 6.07) is 0.702. The minimum Gasteiger partial charge on any atom is -0.382 e. The Hall–Kier alpha value is -0.380. The summed E-state index contributed by atoms with van der Waals surface area (Å²) in [7, 11) is 1.72. The van der Waals surface area contributed by atoms with E-state index in [4.69, 9.17) is 9.47 Å². The van der Waals surface area contributed by atoms with Crippen molar-refractivity contribution in [2.75, 3.05) is 40.0 Å². The van der Waals surface area contributed by atoms with E-state index in [9.17, 15) is 0 Å². The van der Waals surface area contributed by atoms with Crippen molar-refractivity contribution in [3.8, 4) is 0 Å². The topological polar surface area (TPSA) is 21.7 Å². The molecule has 0 spiro atoms. The first kappa shape index (κ1) is 13.1. The van der Waals surface area contributed by atoms with Crippen LogP contribution >= 0.6 is 0 Å². The highest BCUT2D eigenvalue weighted by molar-refractivity contribution is 5.00. The summed E-state index contributed by atoms with van der Waals surface area (Å²) in [4.78, 5) is 2.63. The van der Waals surface area contributed by atoms with E-state index in [1.54, 1.807) is 7.11 Å². The van der Waals surface area contributed by atoms with Gasteiger partial charge in [0, 0.05) is 19.7 Å². The van der Waals surface area contributed by atoms with Gasteiger partial charge in [-0.05, 0) is 38.1 Å². The molecule has 98 valence electrons. The monoisotopic (exact) mass is 239 g/mol. The average molecular weight is 239 g/mol. The number of hydrogen-bond donors (Lipinski definition) is 0. The van der Waals surface area contributed by atoms with Crippen LogP contribution in [0.3, 0.4) is 0 Å². The number of nitrogens with zero attached hydrogens (tertiary/aromatic N) is 1. The highest BCUT2D eigenvalue weighted by atomic mass is 16.5. The second-order valence-electron chi connectivity index (χ2n) is 5.14. The molecule has 2 rings (SSSR count). The fourth-order valence-corrected chi connectivity index (χ4v) is 2.79. The summed E-state index contributed by atoms with van der Waals surface area (Å²) >= 11 is 0.